The fourth-order valence-electron chi connectivity index (χ4n) is 1.58. The summed E-state index contributed by atoms with van der Waals surface area (Å²) in [5, 5.41) is 3.26. The quantitative estimate of drug-likeness (QED) is 0.867. The van der Waals surface area contributed by atoms with Gasteiger partial charge in [-0.05, 0) is 6.07 Å². The molecule has 0 aliphatic rings. The number of alkyl halides is 6. The number of nitrogens with one attached hydrogen (secondary N) is 1. The van der Waals surface area contributed by atoms with Crippen molar-refractivity contribution in [1.29, 1.82) is 0 Å². The van der Waals surface area contributed by atoms with Gasteiger partial charge in [-0.3, -0.25) is 4.68 Å². The summed E-state index contributed by atoms with van der Waals surface area (Å²) in [5.74, 6) is -0.0888. The van der Waals surface area contributed by atoms with Gasteiger partial charge < -0.3 is 4.98 Å². The zero-order chi connectivity index (χ0) is 15.1. The molecular formula is C10H8F6N4. The van der Waals surface area contributed by atoms with E-state index in [0.29, 0.717) is 6.20 Å². The van der Waals surface area contributed by atoms with Gasteiger partial charge in [0.2, 0.25) is 0 Å². The van der Waals surface area contributed by atoms with Crippen LogP contribution in [0.2, 0.25) is 0 Å². The molecule has 0 amide bonds. The van der Waals surface area contributed by atoms with E-state index in [1.165, 1.54) is 7.05 Å². The zero-order valence-electron chi connectivity index (χ0n) is 9.97. The second-order valence-electron chi connectivity index (χ2n) is 4.06. The number of imidazole rings is 1. The molecule has 0 fully saturated rings. The number of H-pyrrole nitrogens is 1. The molecular weight excluding hydrogens is 290 g/mol. The topological polar surface area (TPSA) is 46.5 Å². The van der Waals surface area contributed by atoms with Gasteiger partial charge in [-0.2, -0.15) is 31.4 Å². The number of aromatic amines is 1. The third-order valence-electron chi connectivity index (χ3n) is 2.55. The van der Waals surface area contributed by atoms with Gasteiger partial charge in [0.15, 0.2) is 5.69 Å². The number of nitrogens with zero attached hydrogens (tertiary/aromatic N) is 3. The lowest BCUT2D eigenvalue weighted by Gasteiger charge is -2.01. The molecule has 2 aromatic rings. The van der Waals surface area contributed by atoms with Gasteiger partial charge in [-0.15, -0.1) is 0 Å². The average Bonchev–Trinajstić information content (AvgIpc) is 2.85. The van der Waals surface area contributed by atoms with Crippen LogP contribution in [0.25, 0.3) is 0 Å². The van der Waals surface area contributed by atoms with Crippen LogP contribution >= 0.6 is 0 Å². The summed E-state index contributed by atoms with van der Waals surface area (Å²) in [6, 6.07) is 0.774. The highest BCUT2D eigenvalue weighted by Gasteiger charge is 2.35. The average molecular weight is 298 g/mol. The summed E-state index contributed by atoms with van der Waals surface area (Å²) in [6.07, 6.45) is -8.79. The van der Waals surface area contributed by atoms with E-state index < -0.39 is 23.7 Å². The van der Waals surface area contributed by atoms with Crippen molar-refractivity contribution in [1.82, 2.24) is 19.7 Å². The summed E-state index contributed by atoms with van der Waals surface area (Å²) in [6.45, 7) is 0. The zero-order valence-corrected chi connectivity index (χ0v) is 9.97. The molecule has 4 nitrogen and oxygen atoms in total. The van der Waals surface area contributed by atoms with E-state index >= 15 is 0 Å². The molecule has 0 radical (unpaired) electrons. The molecule has 2 aromatic heterocycles. The first kappa shape index (κ1) is 14.4. The molecule has 20 heavy (non-hydrogen) atoms. The van der Waals surface area contributed by atoms with Crippen LogP contribution in [-0.4, -0.2) is 19.7 Å². The van der Waals surface area contributed by atoms with Crippen LogP contribution in [0.15, 0.2) is 12.3 Å². The molecule has 0 aliphatic carbocycles. The van der Waals surface area contributed by atoms with E-state index in [2.05, 4.69) is 10.1 Å². The molecule has 0 aromatic carbocycles. The van der Waals surface area contributed by atoms with Crippen LogP contribution in [-0.2, 0) is 25.8 Å². The highest BCUT2D eigenvalue weighted by atomic mass is 19.4. The van der Waals surface area contributed by atoms with Crippen molar-refractivity contribution in [2.45, 2.75) is 18.8 Å². The third kappa shape index (κ3) is 2.94. The van der Waals surface area contributed by atoms with E-state index in [9.17, 15) is 26.3 Å². The van der Waals surface area contributed by atoms with E-state index in [1.54, 1.807) is 0 Å². The van der Waals surface area contributed by atoms with E-state index in [1.807, 2.05) is 4.98 Å². The second kappa shape index (κ2) is 4.53. The minimum atomic E-state index is -4.60. The lowest BCUT2D eigenvalue weighted by atomic mass is 10.2. The summed E-state index contributed by atoms with van der Waals surface area (Å²) >= 11 is 0. The van der Waals surface area contributed by atoms with Gasteiger partial charge in [0.1, 0.15) is 11.5 Å². The van der Waals surface area contributed by atoms with Crippen LogP contribution in [0.4, 0.5) is 26.3 Å². The van der Waals surface area contributed by atoms with Gasteiger partial charge in [0, 0.05) is 19.2 Å². The second-order valence-corrected chi connectivity index (χ2v) is 4.06. The van der Waals surface area contributed by atoms with Crippen molar-refractivity contribution in [2.75, 3.05) is 0 Å². The Balaban J connectivity index is 2.23. The SMILES string of the molecule is Cn1nc(C(F)(F)F)cc1Cc1ncc(C(F)(F)F)[nH]1. The maximum absolute atomic E-state index is 12.4. The molecule has 1 N–H and O–H groups in total. The van der Waals surface area contributed by atoms with Crippen molar-refractivity contribution in [3.8, 4) is 0 Å². The molecule has 2 rings (SSSR count). The number of rotatable bonds is 2. The normalized spacial score (nSPS) is 12.9. The monoisotopic (exact) mass is 298 g/mol. The van der Waals surface area contributed by atoms with Crippen molar-refractivity contribution >= 4 is 0 Å². The van der Waals surface area contributed by atoms with Crippen molar-refractivity contribution in [3.63, 3.8) is 0 Å². The van der Waals surface area contributed by atoms with Gasteiger partial charge in [-0.25, -0.2) is 4.98 Å². The van der Waals surface area contributed by atoms with Crippen molar-refractivity contribution < 1.29 is 26.3 Å². The van der Waals surface area contributed by atoms with Crippen LogP contribution in [0, 0.1) is 0 Å². The van der Waals surface area contributed by atoms with Crippen LogP contribution in [0.3, 0.4) is 0 Å². The maximum atomic E-state index is 12.4. The Morgan fingerprint density at radius 1 is 1.15 bits per heavy atom. The molecule has 0 spiro atoms. The summed E-state index contributed by atoms with van der Waals surface area (Å²) in [7, 11) is 1.28. The van der Waals surface area contributed by atoms with Crippen LogP contribution in [0.1, 0.15) is 22.9 Å². The van der Waals surface area contributed by atoms with Crippen LogP contribution < -0.4 is 0 Å². The maximum Gasteiger partial charge on any atom is 0.435 e. The number of hydrogen-bond donors (Lipinski definition) is 1. The highest BCUT2D eigenvalue weighted by Crippen LogP contribution is 2.30. The van der Waals surface area contributed by atoms with Gasteiger partial charge in [-0.1, -0.05) is 0 Å². The Hall–Kier alpha value is -2.00. The fourth-order valence-corrected chi connectivity index (χ4v) is 1.58. The minimum absolute atomic E-state index is 0.0888. The van der Waals surface area contributed by atoms with E-state index in [0.717, 1.165) is 10.7 Å². The number of halogens is 6. The molecule has 0 atom stereocenters. The smallest absolute Gasteiger partial charge is 0.338 e. The first-order chi connectivity index (χ1) is 9.07. The summed E-state index contributed by atoms with van der Waals surface area (Å²) < 4.78 is 75.3. The summed E-state index contributed by atoms with van der Waals surface area (Å²) in [4.78, 5) is 5.51. The molecule has 0 saturated heterocycles. The first-order valence-electron chi connectivity index (χ1n) is 5.28. The fraction of sp³-hybridized carbons (Fsp3) is 0.400. The standard InChI is InChI=1S/C10H8F6N4/c1-20-5(2-6(19-20)9(11,12)13)3-8-17-4-7(18-8)10(14,15)16/h2,4H,3H2,1H3,(H,17,18). The van der Waals surface area contributed by atoms with Gasteiger partial charge in [0.05, 0.1) is 6.20 Å². The number of aromatic nitrogens is 4. The van der Waals surface area contributed by atoms with Gasteiger partial charge in [0.25, 0.3) is 0 Å². The Kier molecular flexibility index (Phi) is 3.26. The van der Waals surface area contributed by atoms with E-state index in [-0.39, 0.29) is 17.9 Å². The molecule has 0 bridgehead atoms. The molecule has 110 valence electrons. The molecule has 2 heterocycles. The Labute approximate surface area is 108 Å². The number of hydrogen-bond acceptors (Lipinski definition) is 2. The Morgan fingerprint density at radius 3 is 2.25 bits per heavy atom. The molecule has 0 unspecified atom stereocenters. The largest absolute Gasteiger partial charge is 0.435 e. The minimum Gasteiger partial charge on any atom is -0.338 e. The first-order valence-corrected chi connectivity index (χ1v) is 5.28. The van der Waals surface area contributed by atoms with Crippen molar-refractivity contribution in [3.05, 3.63) is 35.2 Å². The highest BCUT2D eigenvalue weighted by molar-refractivity contribution is 5.18. The number of aryl methyl sites for hydroxylation is 1. The van der Waals surface area contributed by atoms with Gasteiger partial charge >= 0.3 is 12.4 Å². The summed E-state index contributed by atoms with van der Waals surface area (Å²) in [5.41, 5.74) is -2.05. The lowest BCUT2D eigenvalue weighted by Crippen LogP contribution is -2.06. The lowest BCUT2D eigenvalue weighted by molar-refractivity contribution is -0.142. The Morgan fingerprint density at radius 2 is 1.80 bits per heavy atom. The molecule has 0 aliphatic heterocycles. The van der Waals surface area contributed by atoms with Crippen molar-refractivity contribution in [2.24, 2.45) is 7.05 Å². The predicted octanol–water partition coefficient (Wildman–Crippen LogP) is 2.77. The van der Waals surface area contributed by atoms with E-state index in [4.69, 9.17) is 0 Å². The molecule has 0 saturated carbocycles. The Bertz CT molecular complexity index is 606. The molecule has 10 heteroatoms. The predicted molar refractivity (Wildman–Crippen MR) is 54.6 cm³/mol. The van der Waals surface area contributed by atoms with Crippen LogP contribution in [0.5, 0.6) is 0 Å². The third-order valence-corrected chi connectivity index (χ3v) is 2.55.